The van der Waals surface area contributed by atoms with Gasteiger partial charge in [0.1, 0.15) is 0 Å². The van der Waals surface area contributed by atoms with Crippen LogP contribution in [0.1, 0.15) is 19.8 Å². The van der Waals surface area contributed by atoms with Gasteiger partial charge in [0.2, 0.25) is 0 Å². The Balaban J connectivity index is 1.54. The number of thioether (sulfide) groups is 1. The van der Waals surface area contributed by atoms with Crippen molar-refractivity contribution in [3.8, 4) is 0 Å². The molecule has 2 aliphatic rings. The summed E-state index contributed by atoms with van der Waals surface area (Å²) in [5.74, 6) is 4.65. The summed E-state index contributed by atoms with van der Waals surface area (Å²) >= 11 is 2.12. The minimum Gasteiger partial charge on any atom is -0.316 e. The lowest BCUT2D eigenvalue weighted by atomic mass is 10.1. The molecule has 0 aromatic carbocycles. The third-order valence-electron chi connectivity index (χ3n) is 3.71. The number of nitrogens with one attached hydrogen (secondary N) is 1. The zero-order valence-electron chi connectivity index (χ0n) is 9.87. The van der Waals surface area contributed by atoms with Crippen LogP contribution in [0.2, 0.25) is 0 Å². The minimum absolute atomic E-state index is 0.916. The van der Waals surface area contributed by atoms with Crippen molar-refractivity contribution in [2.75, 3.05) is 44.2 Å². The molecule has 3 heteroatoms. The van der Waals surface area contributed by atoms with Crippen molar-refractivity contribution in [2.24, 2.45) is 11.8 Å². The Labute approximate surface area is 98.2 Å². The van der Waals surface area contributed by atoms with Gasteiger partial charge in [0.05, 0.1) is 0 Å². The number of hydrogen-bond donors (Lipinski definition) is 1. The van der Waals surface area contributed by atoms with Crippen molar-refractivity contribution < 1.29 is 0 Å². The fraction of sp³-hybridized carbons (Fsp3) is 1.00. The summed E-state index contributed by atoms with van der Waals surface area (Å²) in [6.07, 6.45) is 2.84. The van der Waals surface area contributed by atoms with Gasteiger partial charge in [-0.2, -0.15) is 11.8 Å². The van der Waals surface area contributed by atoms with Crippen LogP contribution in [0.4, 0.5) is 0 Å². The Kier molecular flexibility index (Phi) is 4.79. The maximum absolute atomic E-state index is 3.67. The van der Waals surface area contributed by atoms with E-state index >= 15 is 0 Å². The Hall–Kier alpha value is 0.270. The summed E-state index contributed by atoms with van der Waals surface area (Å²) in [6, 6.07) is 0. The van der Waals surface area contributed by atoms with Gasteiger partial charge in [-0.1, -0.05) is 6.92 Å². The molecular weight excluding hydrogens is 204 g/mol. The molecule has 2 atom stereocenters. The Bertz CT molecular complexity index is 180. The van der Waals surface area contributed by atoms with Gasteiger partial charge in [0.15, 0.2) is 0 Å². The number of rotatable bonds is 5. The fourth-order valence-electron chi connectivity index (χ4n) is 2.60. The molecule has 2 unspecified atom stereocenters. The quantitative estimate of drug-likeness (QED) is 0.770. The maximum Gasteiger partial charge on any atom is 0.00222 e. The van der Waals surface area contributed by atoms with Crippen LogP contribution in [0.5, 0.6) is 0 Å². The van der Waals surface area contributed by atoms with Gasteiger partial charge >= 0.3 is 0 Å². The number of nitrogens with zero attached hydrogens (tertiary/aromatic N) is 1. The zero-order chi connectivity index (χ0) is 10.5. The average molecular weight is 228 g/mol. The van der Waals surface area contributed by atoms with E-state index in [4.69, 9.17) is 0 Å². The summed E-state index contributed by atoms with van der Waals surface area (Å²) in [6.45, 7) is 8.65. The molecule has 0 saturated carbocycles. The van der Waals surface area contributed by atoms with E-state index in [-0.39, 0.29) is 0 Å². The highest BCUT2D eigenvalue weighted by atomic mass is 32.2. The molecule has 0 radical (unpaired) electrons. The molecule has 0 spiro atoms. The highest BCUT2D eigenvalue weighted by Gasteiger charge is 2.21. The fourth-order valence-corrected chi connectivity index (χ4v) is 3.89. The van der Waals surface area contributed by atoms with E-state index in [2.05, 4.69) is 28.9 Å². The number of likely N-dealkylation sites (tertiary alicyclic amines) is 1. The van der Waals surface area contributed by atoms with Crippen molar-refractivity contribution in [3.63, 3.8) is 0 Å². The lowest BCUT2D eigenvalue weighted by Crippen LogP contribution is -2.30. The van der Waals surface area contributed by atoms with E-state index in [1.807, 2.05) is 0 Å². The maximum atomic E-state index is 3.67. The number of hydrogen-bond acceptors (Lipinski definition) is 3. The molecule has 15 heavy (non-hydrogen) atoms. The summed E-state index contributed by atoms with van der Waals surface area (Å²) in [5, 5.41) is 3.67. The molecule has 2 saturated heterocycles. The van der Waals surface area contributed by atoms with Crippen molar-refractivity contribution in [1.82, 2.24) is 10.2 Å². The first-order valence-electron chi connectivity index (χ1n) is 6.39. The van der Waals surface area contributed by atoms with Gasteiger partial charge in [-0.25, -0.2) is 0 Å². The van der Waals surface area contributed by atoms with Gasteiger partial charge in [0, 0.05) is 6.54 Å². The highest BCUT2D eigenvalue weighted by molar-refractivity contribution is 7.99. The Morgan fingerprint density at radius 3 is 2.80 bits per heavy atom. The van der Waals surface area contributed by atoms with Gasteiger partial charge < -0.3 is 10.2 Å². The topological polar surface area (TPSA) is 15.3 Å². The van der Waals surface area contributed by atoms with Gasteiger partial charge in [-0.05, 0) is 62.4 Å². The van der Waals surface area contributed by atoms with E-state index in [1.54, 1.807) is 0 Å². The van der Waals surface area contributed by atoms with Crippen molar-refractivity contribution in [3.05, 3.63) is 0 Å². The molecule has 0 bridgehead atoms. The molecule has 1 N–H and O–H groups in total. The van der Waals surface area contributed by atoms with Crippen LogP contribution in [-0.4, -0.2) is 49.1 Å². The molecule has 88 valence electrons. The molecular formula is C12H24N2S. The third kappa shape index (κ3) is 3.65. The van der Waals surface area contributed by atoms with E-state index in [1.165, 1.54) is 57.1 Å². The normalized spacial score (nSPS) is 32.6. The lowest BCUT2D eigenvalue weighted by molar-refractivity contribution is 0.337. The van der Waals surface area contributed by atoms with Crippen LogP contribution in [0, 0.1) is 11.8 Å². The van der Waals surface area contributed by atoms with E-state index < -0.39 is 0 Å². The van der Waals surface area contributed by atoms with Crippen molar-refractivity contribution in [2.45, 2.75) is 19.8 Å². The van der Waals surface area contributed by atoms with Crippen LogP contribution in [-0.2, 0) is 0 Å². The predicted molar refractivity (Wildman–Crippen MR) is 68.5 cm³/mol. The second-order valence-electron chi connectivity index (χ2n) is 4.94. The summed E-state index contributed by atoms with van der Waals surface area (Å²) < 4.78 is 0. The second-order valence-corrected chi connectivity index (χ2v) is 6.09. The van der Waals surface area contributed by atoms with E-state index in [0.29, 0.717) is 0 Å². The lowest BCUT2D eigenvalue weighted by Gasteiger charge is -2.15. The van der Waals surface area contributed by atoms with Crippen LogP contribution < -0.4 is 5.32 Å². The first-order chi connectivity index (χ1) is 7.38. The first-order valence-corrected chi connectivity index (χ1v) is 7.54. The molecule has 0 aliphatic carbocycles. The molecule has 2 heterocycles. The van der Waals surface area contributed by atoms with Crippen molar-refractivity contribution in [1.29, 1.82) is 0 Å². The van der Waals surface area contributed by atoms with Gasteiger partial charge in [-0.15, -0.1) is 0 Å². The first kappa shape index (κ1) is 11.7. The van der Waals surface area contributed by atoms with Crippen LogP contribution in [0.25, 0.3) is 0 Å². The molecule has 2 nitrogen and oxygen atoms in total. The minimum atomic E-state index is 0.916. The smallest absolute Gasteiger partial charge is 0.00222 e. The average Bonchev–Trinajstić information content (AvgIpc) is 2.88. The Morgan fingerprint density at radius 1 is 1.27 bits per heavy atom. The molecule has 2 fully saturated rings. The van der Waals surface area contributed by atoms with E-state index in [0.717, 1.165) is 11.8 Å². The van der Waals surface area contributed by atoms with Gasteiger partial charge in [0.25, 0.3) is 0 Å². The molecule has 2 rings (SSSR count). The van der Waals surface area contributed by atoms with Crippen LogP contribution in [0.15, 0.2) is 0 Å². The van der Waals surface area contributed by atoms with Crippen LogP contribution >= 0.6 is 11.8 Å². The summed E-state index contributed by atoms with van der Waals surface area (Å²) in [7, 11) is 0. The molecule has 0 aromatic rings. The standard InChI is InChI=1S/C12H24N2S/c1-2-14-5-3-11(9-14)7-13-8-12-4-6-15-10-12/h11-13H,2-10H2,1H3. The molecule has 0 aromatic heterocycles. The SMILES string of the molecule is CCN1CCC(CNCC2CCSC2)C1. The Morgan fingerprint density at radius 2 is 2.13 bits per heavy atom. The highest BCUT2D eigenvalue weighted by Crippen LogP contribution is 2.22. The third-order valence-corrected chi connectivity index (χ3v) is 4.94. The van der Waals surface area contributed by atoms with Crippen molar-refractivity contribution >= 4 is 11.8 Å². The monoisotopic (exact) mass is 228 g/mol. The summed E-state index contributed by atoms with van der Waals surface area (Å²) in [5.41, 5.74) is 0. The summed E-state index contributed by atoms with van der Waals surface area (Å²) in [4.78, 5) is 2.57. The van der Waals surface area contributed by atoms with Crippen LogP contribution in [0.3, 0.4) is 0 Å². The molecule has 0 amide bonds. The van der Waals surface area contributed by atoms with Gasteiger partial charge in [-0.3, -0.25) is 0 Å². The largest absolute Gasteiger partial charge is 0.316 e. The van der Waals surface area contributed by atoms with E-state index in [9.17, 15) is 0 Å². The zero-order valence-corrected chi connectivity index (χ0v) is 10.7. The predicted octanol–water partition coefficient (Wildman–Crippen LogP) is 1.67. The second kappa shape index (κ2) is 6.12. The molecule has 2 aliphatic heterocycles.